The maximum Gasteiger partial charge on any atom is 0.144 e. The van der Waals surface area contributed by atoms with Crippen LogP contribution in [0.1, 0.15) is 19.5 Å². The largest absolute Gasteiger partial charge is 0.343 e. The van der Waals surface area contributed by atoms with Crippen LogP contribution in [0.2, 0.25) is 0 Å². The molecule has 0 bridgehead atoms. The first-order valence-corrected chi connectivity index (χ1v) is 5.79. The third-order valence-electron chi connectivity index (χ3n) is 1.69. The van der Waals surface area contributed by atoms with Crippen LogP contribution in [0.4, 0.5) is 5.82 Å². The van der Waals surface area contributed by atoms with E-state index in [1.807, 2.05) is 26.8 Å². The van der Waals surface area contributed by atoms with Gasteiger partial charge in [-0.25, -0.2) is 4.98 Å². The molecule has 2 nitrogen and oxygen atoms in total. The predicted molar refractivity (Wildman–Crippen MR) is 63.8 cm³/mol. The number of thioether (sulfide) groups is 1. The molecule has 1 aliphatic heterocycles. The number of nitrogens with zero attached hydrogens (tertiary/aromatic N) is 1. The number of hydrogen-bond acceptors (Lipinski definition) is 3. The van der Waals surface area contributed by atoms with Crippen molar-refractivity contribution in [2.24, 2.45) is 0 Å². The van der Waals surface area contributed by atoms with E-state index >= 15 is 0 Å². The second-order valence-corrected chi connectivity index (χ2v) is 3.83. The molecule has 1 aromatic rings. The number of aryl methyl sites for hydroxylation is 1. The zero-order valence-corrected chi connectivity index (χ0v) is 9.74. The van der Waals surface area contributed by atoms with E-state index < -0.39 is 0 Å². The minimum atomic E-state index is 0.942. The molecule has 1 aliphatic rings. The van der Waals surface area contributed by atoms with Gasteiger partial charge in [0.15, 0.2) is 0 Å². The van der Waals surface area contributed by atoms with Crippen molar-refractivity contribution in [3.05, 3.63) is 30.1 Å². The molecule has 0 aliphatic carbocycles. The van der Waals surface area contributed by atoms with Gasteiger partial charge >= 0.3 is 0 Å². The van der Waals surface area contributed by atoms with E-state index in [1.165, 1.54) is 4.90 Å². The fourth-order valence-electron chi connectivity index (χ4n) is 1.12. The van der Waals surface area contributed by atoms with Crippen molar-refractivity contribution >= 4 is 17.6 Å². The number of hydrogen-bond donors (Lipinski definition) is 1. The Morgan fingerprint density at radius 1 is 1.43 bits per heavy atom. The predicted octanol–water partition coefficient (Wildman–Crippen LogP) is 3.45. The Bertz CT molecular complexity index is 334. The van der Waals surface area contributed by atoms with Gasteiger partial charge in [-0.15, -0.1) is 11.8 Å². The Hall–Kier alpha value is -0.960. The zero-order chi connectivity index (χ0) is 10.6. The highest BCUT2D eigenvalue weighted by molar-refractivity contribution is 7.99. The van der Waals surface area contributed by atoms with Crippen LogP contribution in [0.15, 0.2) is 29.3 Å². The lowest BCUT2D eigenvalue weighted by Crippen LogP contribution is -2.09. The number of aromatic nitrogens is 1. The average Bonchev–Trinajstić information content (AvgIpc) is 2.20. The molecule has 0 unspecified atom stereocenters. The summed E-state index contributed by atoms with van der Waals surface area (Å²) in [5.74, 6) is 1.90. The molecule has 1 N–H and O–H groups in total. The van der Waals surface area contributed by atoms with Gasteiger partial charge in [0, 0.05) is 17.1 Å². The molecule has 0 saturated heterocycles. The van der Waals surface area contributed by atoms with E-state index in [0.29, 0.717) is 0 Å². The van der Waals surface area contributed by atoms with Crippen LogP contribution in [0.5, 0.6) is 0 Å². The van der Waals surface area contributed by atoms with Gasteiger partial charge in [-0.2, -0.15) is 0 Å². The number of rotatable bonds is 0. The zero-order valence-electron chi connectivity index (χ0n) is 8.92. The van der Waals surface area contributed by atoms with E-state index in [9.17, 15) is 0 Å². The molecule has 76 valence electrons. The van der Waals surface area contributed by atoms with E-state index in [0.717, 1.165) is 23.0 Å². The maximum absolute atomic E-state index is 4.37. The quantitative estimate of drug-likeness (QED) is 0.707. The van der Waals surface area contributed by atoms with Gasteiger partial charge in [-0.05, 0) is 19.1 Å². The first kappa shape index (κ1) is 11.1. The number of anilines is 1. The van der Waals surface area contributed by atoms with Crippen LogP contribution in [0, 0.1) is 6.92 Å². The lowest BCUT2D eigenvalue weighted by Gasteiger charge is -2.18. The topological polar surface area (TPSA) is 24.9 Å². The van der Waals surface area contributed by atoms with Gasteiger partial charge in [-0.3, -0.25) is 0 Å². The summed E-state index contributed by atoms with van der Waals surface area (Å²) < 4.78 is 0. The van der Waals surface area contributed by atoms with Crippen molar-refractivity contribution < 1.29 is 0 Å². The van der Waals surface area contributed by atoms with Crippen LogP contribution in [-0.2, 0) is 0 Å². The van der Waals surface area contributed by atoms with Crippen LogP contribution in [-0.4, -0.2) is 10.7 Å². The normalized spacial score (nSPS) is 13.5. The standard InChI is InChI=1S/C9H10N2S.C2H6/c1-6-3-4-8-9(10-6)11-7(2)5-12-8;1-2/h3-4H,2,5H2,1H3,(H,10,11);1-2H3. The monoisotopic (exact) mass is 208 g/mol. The van der Waals surface area contributed by atoms with E-state index in [2.05, 4.69) is 22.9 Å². The van der Waals surface area contributed by atoms with E-state index in [1.54, 1.807) is 11.8 Å². The highest BCUT2D eigenvalue weighted by Crippen LogP contribution is 2.32. The van der Waals surface area contributed by atoms with E-state index in [4.69, 9.17) is 0 Å². The SMILES string of the molecule is C=C1CSc2ccc(C)nc2N1.CC. The minimum Gasteiger partial charge on any atom is -0.343 e. The fourth-order valence-corrected chi connectivity index (χ4v) is 1.92. The molecule has 0 spiro atoms. The highest BCUT2D eigenvalue weighted by Gasteiger charge is 2.11. The van der Waals surface area contributed by atoms with Gasteiger partial charge in [-0.1, -0.05) is 20.4 Å². The number of pyridine rings is 1. The summed E-state index contributed by atoms with van der Waals surface area (Å²) in [4.78, 5) is 5.59. The molecule has 1 aromatic heterocycles. The van der Waals surface area contributed by atoms with Crippen molar-refractivity contribution in [1.82, 2.24) is 4.98 Å². The Morgan fingerprint density at radius 2 is 2.14 bits per heavy atom. The molecule has 0 aromatic carbocycles. The lowest BCUT2D eigenvalue weighted by molar-refractivity contribution is 1.12. The summed E-state index contributed by atoms with van der Waals surface area (Å²) >= 11 is 1.78. The van der Waals surface area contributed by atoms with Gasteiger partial charge in [0.2, 0.25) is 0 Å². The summed E-state index contributed by atoms with van der Waals surface area (Å²) in [5, 5.41) is 3.17. The maximum atomic E-state index is 4.37. The average molecular weight is 208 g/mol. The summed E-state index contributed by atoms with van der Waals surface area (Å²) in [5.41, 5.74) is 2.07. The molecule has 2 rings (SSSR count). The first-order chi connectivity index (χ1) is 6.75. The fraction of sp³-hybridized carbons (Fsp3) is 0.364. The van der Waals surface area contributed by atoms with Crippen LogP contribution in [0.3, 0.4) is 0 Å². The van der Waals surface area contributed by atoms with Gasteiger partial charge in [0.1, 0.15) is 5.82 Å². The van der Waals surface area contributed by atoms with E-state index in [-0.39, 0.29) is 0 Å². The Kier molecular flexibility index (Phi) is 4.01. The molecule has 3 heteroatoms. The number of nitrogens with one attached hydrogen (secondary N) is 1. The molecule has 14 heavy (non-hydrogen) atoms. The Balaban J connectivity index is 0.000000461. The third-order valence-corrected chi connectivity index (χ3v) is 2.83. The van der Waals surface area contributed by atoms with Crippen LogP contribution < -0.4 is 5.32 Å². The Morgan fingerprint density at radius 3 is 2.86 bits per heavy atom. The number of fused-ring (bicyclic) bond motifs is 1. The Labute approximate surface area is 89.8 Å². The second-order valence-electron chi connectivity index (χ2n) is 2.82. The van der Waals surface area contributed by atoms with Crippen LogP contribution in [0.25, 0.3) is 0 Å². The molecule has 2 heterocycles. The van der Waals surface area contributed by atoms with Crippen molar-refractivity contribution in [2.75, 3.05) is 11.1 Å². The van der Waals surface area contributed by atoms with Crippen molar-refractivity contribution in [2.45, 2.75) is 25.7 Å². The summed E-state index contributed by atoms with van der Waals surface area (Å²) in [6, 6.07) is 4.13. The second kappa shape index (κ2) is 5.05. The molecule has 0 amide bonds. The van der Waals surface area contributed by atoms with Gasteiger partial charge in [0.25, 0.3) is 0 Å². The summed E-state index contributed by atoms with van der Waals surface area (Å²) in [7, 11) is 0. The van der Waals surface area contributed by atoms with Gasteiger partial charge in [0.05, 0.1) is 4.90 Å². The van der Waals surface area contributed by atoms with Crippen molar-refractivity contribution in [3.8, 4) is 0 Å². The van der Waals surface area contributed by atoms with Crippen molar-refractivity contribution in [1.29, 1.82) is 0 Å². The molecular weight excluding hydrogens is 192 g/mol. The minimum absolute atomic E-state index is 0.942. The molecule has 0 radical (unpaired) electrons. The van der Waals surface area contributed by atoms with Crippen LogP contribution >= 0.6 is 11.8 Å². The molecule has 0 atom stereocenters. The molecular formula is C11H16N2S. The molecule has 0 saturated carbocycles. The smallest absolute Gasteiger partial charge is 0.144 e. The summed E-state index contributed by atoms with van der Waals surface area (Å²) in [6.07, 6.45) is 0. The van der Waals surface area contributed by atoms with Crippen molar-refractivity contribution in [3.63, 3.8) is 0 Å². The first-order valence-electron chi connectivity index (χ1n) is 4.81. The lowest BCUT2D eigenvalue weighted by atomic mass is 10.3. The third kappa shape index (κ3) is 2.51. The van der Waals surface area contributed by atoms with Gasteiger partial charge < -0.3 is 5.32 Å². The highest BCUT2D eigenvalue weighted by atomic mass is 32.2. The molecule has 0 fully saturated rings. The summed E-state index contributed by atoms with van der Waals surface area (Å²) in [6.45, 7) is 9.86.